The van der Waals surface area contributed by atoms with Gasteiger partial charge < -0.3 is 5.32 Å². The zero-order valence-corrected chi connectivity index (χ0v) is 12.8. The van der Waals surface area contributed by atoms with E-state index in [4.69, 9.17) is 11.6 Å². The standard InChI is InChI=1S/C11H6Br2ClN3O/c12-7-2-1-6(3-8(7)14)11(18)17-10-5-15-9(13)4-16-10/h1-5H,(H,16,17,18). The third-order valence-electron chi connectivity index (χ3n) is 2.04. The molecule has 0 aliphatic rings. The van der Waals surface area contributed by atoms with Crippen LogP contribution in [0.4, 0.5) is 5.82 Å². The van der Waals surface area contributed by atoms with Crippen LogP contribution in [0.15, 0.2) is 39.7 Å². The number of benzene rings is 1. The molecule has 0 saturated heterocycles. The van der Waals surface area contributed by atoms with E-state index in [1.807, 2.05) is 0 Å². The molecule has 1 aromatic carbocycles. The number of hydrogen-bond donors (Lipinski definition) is 1. The highest BCUT2D eigenvalue weighted by atomic mass is 79.9. The van der Waals surface area contributed by atoms with E-state index < -0.39 is 0 Å². The van der Waals surface area contributed by atoms with Crippen molar-refractivity contribution in [3.05, 3.63) is 50.3 Å². The number of amides is 1. The third kappa shape index (κ3) is 3.28. The topological polar surface area (TPSA) is 54.9 Å². The Kier molecular flexibility index (Phi) is 4.31. The average molecular weight is 391 g/mol. The van der Waals surface area contributed by atoms with Gasteiger partial charge in [0.2, 0.25) is 0 Å². The minimum absolute atomic E-state index is 0.291. The van der Waals surface area contributed by atoms with Gasteiger partial charge in [-0.2, -0.15) is 0 Å². The first-order valence-corrected chi connectivity index (χ1v) is 6.76. The third-order valence-corrected chi connectivity index (χ3v) is 3.69. The van der Waals surface area contributed by atoms with Gasteiger partial charge in [0.25, 0.3) is 5.91 Å². The molecule has 1 amide bonds. The van der Waals surface area contributed by atoms with E-state index in [2.05, 4.69) is 47.1 Å². The Hall–Kier alpha value is -0.980. The zero-order valence-electron chi connectivity index (χ0n) is 8.82. The lowest BCUT2D eigenvalue weighted by atomic mass is 10.2. The molecule has 0 aliphatic heterocycles. The maximum atomic E-state index is 11.9. The molecule has 1 aromatic heterocycles. The molecular formula is C11H6Br2ClN3O. The normalized spacial score (nSPS) is 10.2. The maximum Gasteiger partial charge on any atom is 0.256 e. The van der Waals surface area contributed by atoms with Crippen molar-refractivity contribution in [2.75, 3.05) is 5.32 Å². The largest absolute Gasteiger partial charge is 0.305 e. The van der Waals surface area contributed by atoms with Crippen LogP contribution in [0, 0.1) is 0 Å². The molecule has 2 aromatic rings. The fourth-order valence-electron chi connectivity index (χ4n) is 1.20. The van der Waals surface area contributed by atoms with Gasteiger partial charge in [0.15, 0.2) is 5.82 Å². The first-order chi connectivity index (χ1) is 8.56. The minimum Gasteiger partial charge on any atom is -0.305 e. The lowest BCUT2D eigenvalue weighted by molar-refractivity contribution is 0.102. The quantitative estimate of drug-likeness (QED) is 0.845. The summed E-state index contributed by atoms with van der Waals surface area (Å²) in [4.78, 5) is 19.9. The Bertz CT molecular complexity index is 589. The maximum absolute atomic E-state index is 11.9. The average Bonchev–Trinajstić information content (AvgIpc) is 2.35. The second kappa shape index (κ2) is 5.77. The van der Waals surface area contributed by atoms with Crippen molar-refractivity contribution >= 4 is 55.2 Å². The summed E-state index contributed by atoms with van der Waals surface area (Å²) in [5.41, 5.74) is 0.452. The fraction of sp³-hybridized carbons (Fsp3) is 0. The summed E-state index contributed by atoms with van der Waals surface area (Å²) >= 11 is 12.3. The van der Waals surface area contributed by atoms with Crippen LogP contribution in [0.5, 0.6) is 0 Å². The molecule has 0 aliphatic carbocycles. The number of carbonyl (C=O) groups excluding carboxylic acids is 1. The summed E-state index contributed by atoms with van der Waals surface area (Å²) in [6.07, 6.45) is 2.96. The predicted octanol–water partition coefficient (Wildman–Crippen LogP) is 3.91. The summed E-state index contributed by atoms with van der Waals surface area (Å²) in [5, 5.41) is 3.10. The summed E-state index contributed by atoms with van der Waals surface area (Å²) in [6, 6.07) is 4.95. The van der Waals surface area contributed by atoms with E-state index in [0.717, 1.165) is 4.47 Å². The Morgan fingerprint density at radius 3 is 2.61 bits per heavy atom. The zero-order chi connectivity index (χ0) is 13.1. The number of rotatable bonds is 2. The first-order valence-electron chi connectivity index (χ1n) is 4.80. The molecule has 0 bridgehead atoms. The van der Waals surface area contributed by atoms with Crippen LogP contribution in [-0.2, 0) is 0 Å². The molecule has 1 N–H and O–H groups in total. The van der Waals surface area contributed by atoms with Crippen LogP contribution in [0.1, 0.15) is 10.4 Å². The summed E-state index contributed by atoms with van der Waals surface area (Å²) in [6.45, 7) is 0. The molecule has 0 fully saturated rings. The van der Waals surface area contributed by atoms with E-state index >= 15 is 0 Å². The van der Waals surface area contributed by atoms with E-state index in [-0.39, 0.29) is 5.91 Å². The molecule has 0 unspecified atom stereocenters. The first kappa shape index (κ1) is 13.5. The molecule has 0 radical (unpaired) electrons. The van der Waals surface area contributed by atoms with Crippen molar-refractivity contribution in [3.63, 3.8) is 0 Å². The number of halogens is 3. The highest BCUT2D eigenvalue weighted by Crippen LogP contribution is 2.23. The molecule has 1 heterocycles. The van der Waals surface area contributed by atoms with Crippen molar-refractivity contribution < 1.29 is 4.79 Å². The van der Waals surface area contributed by atoms with Crippen molar-refractivity contribution in [3.8, 4) is 0 Å². The second-order valence-electron chi connectivity index (χ2n) is 3.31. The van der Waals surface area contributed by atoms with Crippen molar-refractivity contribution in [2.45, 2.75) is 0 Å². The van der Waals surface area contributed by atoms with Crippen molar-refractivity contribution in [1.82, 2.24) is 9.97 Å². The molecule has 2 rings (SSSR count). The van der Waals surface area contributed by atoms with Gasteiger partial charge >= 0.3 is 0 Å². The van der Waals surface area contributed by atoms with Crippen LogP contribution in [0.25, 0.3) is 0 Å². The molecular weight excluding hydrogens is 385 g/mol. The number of anilines is 1. The fourth-order valence-corrected chi connectivity index (χ4v) is 1.83. The number of carbonyl (C=O) groups is 1. The molecule has 0 saturated carbocycles. The Balaban J connectivity index is 2.16. The SMILES string of the molecule is O=C(Nc1cnc(Br)cn1)c1ccc(Br)c(Cl)c1. The lowest BCUT2D eigenvalue weighted by Crippen LogP contribution is -2.13. The van der Waals surface area contributed by atoms with E-state index in [1.54, 1.807) is 18.2 Å². The van der Waals surface area contributed by atoms with Crippen LogP contribution in [0.2, 0.25) is 5.02 Å². The van der Waals surface area contributed by atoms with Crippen molar-refractivity contribution in [2.24, 2.45) is 0 Å². The number of nitrogens with one attached hydrogen (secondary N) is 1. The van der Waals surface area contributed by atoms with Gasteiger partial charge in [-0.05, 0) is 50.1 Å². The Morgan fingerprint density at radius 2 is 2.00 bits per heavy atom. The second-order valence-corrected chi connectivity index (χ2v) is 5.38. The van der Waals surface area contributed by atoms with Crippen LogP contribution in [-0.4, -0.2) is 15.9 Å². The Labute approximate surface area is 125 Å². The van der Waals surface area contributed by atoms with Gasteiger partial charge in [-0.3, -0.25) is 4.79 Å². The number of aromatic nitrogens is 2. The van der Waals surface area contributed by atoms with Gasteiger partial charge in [0.05, 0.1) is 17.4 Å². The van der Waals surface area contributed by atoms with Gasteiger partial charge in [-0.15, -0.1) is 0 Å². The monoisotopic (exact) mass is 389 g/mol. The molecule has 4 nitrogen and oxygen atoms in total. The minimum atomic E-state index is -0.291. The highest BCUT2D eigenvalue weighted by molar-refractivity contribution is 9.10. The number of hydrogen-bond acceptors (Lipinski definition) is 3. The summed E-state index contributed by atoms with van der Waals surface area (Å²) in [5.74, 6) is 0.0864. The molecule has 18 heavy (non-hydrogen) atoms. The molecule has 92 valence electrons. The van der Waals surface area contributed by atoms with Gasteiger partial charge in [-0.25, -0.2) is 9.97 Å². The van der Waals surface area contributed by atoms with Crippen LogP contribution >= 0.6 is 43.5 Å². The molecule has 7 heteroatoms. The van der Waals surface area contributed by atoms with Crippen LogP contribution < -0.4 is 5.32 Å². The van der Waals surface area contributed by atoms with Gasteiger partial charge in [0.1, 0.15) is 4.60 Å². The number of nitrogens with zero attached hydrogens (tertiary/aromatic N) is 2. The summed E-state index contributed by atoms with van der Waals surface area (Å²) < 4.78 is 1.34. The molecule has 0 atom stereocenters. The predicted molar refractivity (Wildman–Crippen MR) is 76.8 cm³/mol. The van der Waals surface area contributed by atoms with E-state index in [9.17, 15) is 4.79 Å². The summed E-state index contributed by atoms with van der Waals surface area (Å²) in [7, 11) is 0. The highest BCUT2D eigenvalue weighted by Gasteiger charge is 2.09. The smallest absolute Gasteiger partial charge is 0.256 e. The Morgan fingerprint density at radius 1 is 1.22 bits per heavy atom. The van der Waals surface area contributed by atoms with Gasteiger partial charge in [-0.1, -0.05) is 11.6 Å². The molecule has 0 spiro atoms. The van der Waals surface area contributed by atoms with E-state index in [0.29, 0.717) is 21.0 Å². The lowest BCUT2D eigenvalue weighted by Gasteiger charge is -2.05. The van der Waals surface area contributed by atoms with Gasteiger partial charge in [0, 0.05) is 10.0 Å². The van der Waals surface area contributed by atoms with Crippen molar-refractivity contribution in [1.29, 1.82) is 0 Å². The van der Waals surface area contributed by atoms with Crippen LogP contribution in [0.3, 0.4) is 0 Å². The van der Waals surface area contributed by atoms with E-state index in [1.165, 1.54) is 12.4 Å².